The summed E-state index contributed by atoms with van der Waals surface area (Å²) >= 11 is 1.04. The Hall–Kier alpha value is -3.83. The van der Waals surface area contributed by atoms with Gasteiger partial charge in [0.1, 0.15) is 24.2 Å². The van der Waals surface area contributed by atoms with Gasteiger partial charge in [0.05, 0.1) is 6.04 Å². The Bertz CT molecular complexity index is 1230. The van der Waals surface area contributed by atoms with Crippen molar-refractivity contribution in [3.63, 3.8) is 0 Å². The summed E-state index contributed by atoms with van der Waals surface area (Å²) in [6.45, 7) is 1.25. The van der Waals surface area contributed by atoms with Gasteiger partial charge in [-0.15, -0.1) is 11.3 Å². The molecule has 7 N–H and O–H groups in total. The standard InChI is InChI=1S/C17H20N8O7S2/c1-8-12(16(27)25(8)34(28,29)30)23-15(26)13(10-7-33-17(20)22-10)24-32-5-4-31-11-3-2-9(6-21-11)14(18)19/h2-3,6-8,12H,4-5H2,1H3,(H3,18,19)(H2,20,22)(H,23,26)(H,28,29,30). The highest BCUT2D eigenvalue weighted by Crippen LogP contribution is 2.23. The van der Waals surface area contributed by atoms with Crippen molar-refractivity contribution >= 4 is 50.1 Å². The number of nitrogens with zero attached hydrogens (tertiary/aromatic N) is 4. The van der Waals surface area contributed by atoms with Crippen LogP contribution in [0.3, 0.4) is 0 Å². The number of carbonyl (C=O) groups excluding carboxylic acids is 2. The van der Waals surface area contributed by atoms with Crippen molar-refractivity contribution < 1.29 is 32.1 Å². The van der Waals surface area contributed by atoms with E-state index in [-0.39, 0.29) is 45.8 Å². The number of pyridine rings is 1. The fraction of sp³-hybridized carbons (Fsp3) is 0.294. The monoisotopic (exact) mass is 512 g/mol. The predicted molar refractivity (Wildman–Crippen MR) is 120 cm³/mol. The summed E-state index contributed by atoms with van der Waals surface area (Å²) in [6.07, 6.45) is 1.37. The lowest BCUT2D eigenvalue weighted by atomic mass is 10.0. The van der Waals surface area contributed by atoms with Crippen molar-refractivity contribution in [2.75, 3.05) is 18.9 Å². The quantitative estimate of drug-likeness (QED) is 0.0627. The highest BCUT2D eigenvalue weighted by Gasteiger charge is 2.51. The number of ether oxygens (including phenoxy) is 1. The van der Waals surface area contributed by atoms with Crippen molar-refractivity contribution in [2.24, 2.45) is 10.9 Å². The molecule has 1 saturated heterocycles. The number of carbonyl (C=O) groups is 2. The van der Waals surface area contributed by atoms with Crippen molar-refractivity contribution in [1.29, 1.82) is 5.41 Å². The molecule has 1 aliphatic rings. The molecular weight excluding hydrogens is 492 g/mol. The molecule has 0 spiro atoms. The van der Waals surface area contributed by atoms with Crippen LogP contribution in [0.4, 0.5) is 5.13 Å². The Kier molecular flexibility index (Phi) is 7.28. The van der Waals surface area contributed by atoms with E-state index in [1.54, 1.807) is 6.07 Å². The highest BCUT2D eigenvalue weighted by molar-refractivity contribution is 7.84. The van der Waals surface area contributed by atoms with E-state index < -0.39 is 34.2 Å². The number of amides is 2. The van der Waals surface area contributed by atoms with Crippen LogP contribution < -0.4 is 21.5 Å². The number of hydrogen-bond acceptors (Lipinski definition) is 12. The number of β-lactam (4-membered cyclic amide) rings is 1. The van der Waals surface area contributed by atoms with Gasteiger partial charge in [-0.25, -0.2) is 14.3 Å². The first kappa shape index (κ1) is 24.8. The van der Waals surface area contributed by atoms with Crippen LogP contribution in [0.1, 0.15) is 18.2 Å². The van der Waals surface area contributed by atoms with Gasteiger partial charge in [-0.3, -0.25) is 19.6 Å². The van der Waals surface area contributed by atoms with Crippen LogP contribution in [0.15, 0.2) is 28.9 Å². The number of aromatic nitrogens is 2. The number of nitrogens with two attached hydrogens (primary N) is 2. The molecule has 2 atom stereocenters. The molecule has 0 aromatic carbocycles. The van der Waals surface area contributed by atoms with E-state index >= 15 is 0 Å². The van der Waals surface area contributed by atoms with Gasteiger partial charge in [0.15, 0.2) is 17.5 Å². The van der Waals surface area contributed by atoms with Gasteiger partial charge in [-0.1, -0.05) is 5.16 Å². The molecule has 182 valence electrons. The number of anilines is 1. The SMILES string of the molecule is CC1C(NC(=O)C(=NOCCOc2ccc(C(=N)N)cn2)c2csc(N)n2)C(=O)N1S(=O)(=O)O. The number of amidine groups is 1. The van der Waals surface area contributed by atoms with Gasteiger partial charge in [0.2, 0.25) is 5.88 Å². The minimum atomic E-state index is -4.74. The fourth-order valence-electron chi connectivity index (χ4n) is 2.83. The molecule has 15 nitrogen and oxygen atoms in total. The maximum Gasteiger partial charge on any atom is 0.362 e. The number of oxime groups is 1. The van der Waals surface area contributed by atoms with E-state index in [0.717, 1.165) is 11.3 Å². The molecule has 1 fully saturated rings. The fourth-order valence-corrected chi connectivity index (χ4v) is 4.26. The summed E-state index contributed by atoms with van der Waals surface area (Å²) in [5.74, 6) is -1.75. The summed E-state index contributed by atoms with van der Waals surface area (Å²) in [4.78, 5) is 37.9. The molecule has 2 aromatic rings. The topological polar surface area (TPSA) is 236 Å². The van der Waals surface area contributed by atoms with Crippen LogP contribution >= 0.6 is 11.3 Å². The van der Waals surface area contributed by atoms with E-state index in [2.05, 4.69) is 20.4 Å². The van der Waals surface area contributed by atoms with Gasteiger partial charge in [-0.2, -0.15) is 8.42 Å². The number of rotatable bonds is 10. The first-order chi connectivity index (χ1) is 16.0. The lowest BCUT2D eigenvalue weighted by Crippen LogP contribution is -2.71. The lowest BCUT2D eigenvalue weighted by molar-refractivity contribution is -0.143. The summed E-state index contributed by atoms with van der Waals surface area (Å²) < 4.78 is 37.2. The molecule has 0 bridgehead atoms. The number of hydrogen-bond donors (Lipinski definition) is 5. The maximum atomic E-state index is 12.7. The molecule has 2 aromatic heterocycles. The average Bonchev–Trinajstić information content (AvgIpc) is 3.19. The summed E-state index contributed by atoms with van der Waals surface area (Å²) in [7, 11) is -4.74. The summed E-state index contributed by atoms with van der Waals surface area (Å²) in [5.41, 5.74) is 11.2. The first-order valence-corrected chi connectivity index (χ1v) is 11.7. The Morgan fingerprint density at radius 2 is 2.15 bits per heavy atom. The largest absolute Gasteiger partial charge is 0.474 e. The van der Waals surface area contributed by atoms with Gasteiger partial charge >= 0.3 is 10.3 Å². The molecule has 17 heteroatoms. The van der Waals surface area contributed by atoms with Crippen LogP contribution in [-0.2, 0) is 24.7 Å². The smallest absolute Gasteiger partial charge is 0.362 e. The average molecular weight is 513 g/mol. The Balaban J connectivity index is 1.61. The van der Waals surface area contributed by atoms with E-state index in [1.165, 1.54) is 24.6 Å². The van der Waals surface area contributed by atoms with Gasteiger partial charge in [-0.05, 0) is 13.0 Å². The third-order valence-electron chi connectivity index (χ3n) is 4.48. The molecule has 3 rings (SSSR count). The second-order valence-electron chi connectivity index (χ2n) is 6.79. The highest BCUT2D eigenvalue weighted by atomic mass is 32.2. The molecule has 2 amide bonds. The van der Waals surface area contributed by atoms with Crippen molar-refractivity contribution in [3.05, 3.63) is 35.0 Å². The second-order valence-corrected chi connectivity index (χ2v) is 8.97. The van der Waals surface area contributed by atoms with E-state index in [1.807, 2.05) is 0 Å². The van der Waals surface area contributed by atoms with Crippen LogP contribution in [0, 0.1) is 5.41 Å². The maximum absolute atomic E-state index is 12.7. The van der Waals surface area contributed by atoms with Gasteiger partial charge in [0.25, 0.3) is 11.8 Å². The van der Waals surface area contributed by atoms with Crippen LogP contribution in [0.2, 0.25) is 0 Å². The minimum Gasteiger partial charge on any atom is -0.474 e. The van der Waals surface area contributed by atoms with Gasteiger partial charge in [0, 0.05) is 23.2 Å². The van der Waals surface area contributed by atoms with Crippen LogP contribution in [0.25, 0.3) is 0 Å². The molecule has 34 heavy (non-hydrogen) atoms. The predicted octanol–water partition coefficient (Wildman–Crippen LogP) is -1.28. The Labute approximate surface area is 197 Å². The number of nitrogens with one attached hydrogen (secondary N) is 2. The molecule has 3 heterocycles. The van der Waals surface area contributed by atoms with E-state index in [0.29, 0.717) is 5.56 Å². The Morgan fingerprint density at radius 1 is 1.41 bits per heavy atom. The summed E-state index contributed by atoms with van der Waals surface area (Å²) in [5, 5.41) is 15.0. The molecule has 0 aliphatic carbocycles. The Morgan fingerprint density at radius 3 is 2.68 bits per heavy atom. The second kappa shape index (κ2) is 9.98. The van der Waals surface area contributed by atoms with Crippen LogP contribution in [-0.4, -0.2) is 75.9 Å². The van der Waals surface area contributed by atoms with E-state index in [4.69, 9.17) is 31.0 Å². The zero-order chi connectivity index (χ0) is 25.0. The molecule has 0 radical (unpaired) electrons. The first-order valence-electron chi connectivity index (χ1n) is 9.45. The molecular formula is C17H20N8O7S2. The third kappa shape index (κ3) is 5.56. The lowest BCUT2D eigenvalue weighted by Gasteiger charge is -2.42. The molecule has 1 aliphatic heterocycles. The van der Waals surface area contributed by atoms with Crippen molar-refractivity contribution in [3.8, 4) is 5.88 Å². The summed E-state index contributed by atoms with van der Waals surface area (Å²) in [6, 6.07) is 0.862. The normalized spacial score (nSPS) is 18.2. The third-order valence-corrected chi connectivity index (χ3v) is 6.16. The van der Waals surface area contributed by atoms with Crippen molar-refractivity contribution in [1.82, 2.24) is 19.6 Å². The number of nitrogen functional groups attached to an aromatic ring is 2. The van der Waals surface area contributed by atoms with Crippen molar-refractivity contribution in [2.45, 2.75) is 19.0 Å². The minimum absolute atomic E-state index is 0.00544. The zero-order valence-corrected chi connectivity index (χ0v) is 19.2. The van der Waals surface area contributed by atoms with Gasteiger partial charge < -0.3 is 26.4 Å². The zero-order valence-electron chi connectivity index (χ0n) is 17.5. The van der Waals surface area contributed by atoms with E-state index in [9.17, 15) is 18.0 Å². The molecule has 2 unspecified atom stereocenters. The molecule has 0 saturated carbocycles. The number of thiazole rings is 1. The van der Waals surface area contributed by atoms with Crippen LogP contribution in [0.5, 0.6) is 5.88 Å².